The van der Waals surface area contributed by atoms with Gasteiger partial charge in [-0.15, -0.1) is 0 Å². The molecule has 0 aliphatic heterocycles. The molecule has 0 aliphatic rings. The summed E-state index contributed by atoms with van der Waals surface area (Å²) in [6.45, 7) is 9.84. The normalized spacial score (nSPS) is 13.6. The van der Waals surface area contributed by atoms with E-state index in [0.29, 0.717) is 0 Å². The fourth-order valence-electron chi connectivity index (χ4n) is 2.71. The molecule has 0 saturated carbocycles. The summed E-state index contributed by atoms with van der Waals surface area (Å²) in [5.41, 5.74) is 8.63. The van der Waals surface area contributed by atoms with Crippen molar-refractivity contribution in [2.24, 2.45) is 11.1 Å². The Morgan fingerprint density at radius 1 is 1.33 bits per heavy atom. The smallest absolute Gasteiger partial charge is 0.150 e. The molecule has 2 aromatic rings. The summed E-state index contributed by atoms with van der Waals surface area (Å²) >= 11 is 0. The molecule has 0 bridgehead atoms. The van der Waals surface area contributed by atoms with E-state index in [2.05, 4.69) is 56.3 Å². The molecule has 2 aromatic heterocycles. The Bertz CT molecular complexity index is 594. The van der Waals surface area contributed by atoms with E-state index in [1.165, 1.54) is 5.69 Å². The first kappa shape index (κ1) is 15.8. The number of hydrogen-bond acceptors (Lipinski definition) is 3. The number of imidazole rings is 1. The molecule has 0 amide bonds. The Kier molecular flexibility index (Phi) is 4.57. The van der Waals surface area contributed by atoms with Crippen molar-refractivity contribution in [1.82, 2.24) is 9.38 Å². The van der Waals surface area contributed by atoms with Crippen molar-refractivity contribution in [1.29, 1.82) is 0 Å². The van der Waals surface area contributed by atoms with Crippen LogP contribution >= 0.6 is 0 Å². The molecule has 4 heteroatoms. The van der Waals surface area contributed by atoms with Gasteiger partial charge in [0.05, 0.1) is 5.69 Å². The Balaban J connectivity index is 2.43. The van der Waals surface area contributed by atoms with Crippen LogP contribution in [0.3, 0.4) is 0 Å². The number of nitrogens with two attached hydrogens (primary N) is 1. The average Bonchev–Trinajstić information content (AvgIpc) is 2.76. The number of aromatic nitrogens is 2. The molecule has 0 spiro atoms. The fraction of sp³-hybridized carbons (Fsp3) is 0.588. The first-order valence-corrected chi connectivity index (χ1v) is 7.74. The summed E-state index contributed by atoms with van der Waals surface area (Å²) in [6, 6.07) is 6.30. The van der Waals surface area contributed by atoms with E-state index in [9.17, 15) is 0 Å². The van der Waals surface area contributed by atoms with Gasteiger partial charge < -0.3 is 15.0 Å². The molecule has 0 fully saturated rings. The first-order valence-electron chi connectivity index (χ1n) is 7.74. The topological polar surface area (TPSA) is 46.6 Å². The quantitative estimate of drug-likeness (QED) is 0.919. The molecule has 1 atom stereocenters. The van der Waals surface area contributed by atoms with Crippen LogP contribution in [0, 0.1) is 5.41 Å². The predicted octanol–water partition coefficient (Wildman–Crippen LogP) is 3.10. The predicted molar refractivity (Wildman–Crippen MR) is 89.9 cm³/mol. The monoisotopic (exact) mass is 288 g/mol. The van der Waals surface area contributed by atoms with Crippen LogP contribution in [0.4, 0.5) is 5.82 Å². The second-order valence-electron chi connectivity index (χ2n) is 7.10. The molecule has 0 aromatic carbocycles. The summed E-state index contributed by atoms with van der Waals surface area (Å²) in [5, 5.41) is 0. The van der Waals surface area contributed by atoms with Crippen LogP contribution in [0.25, 0.3) is 5.65 Å². The lowest BCUT2D eigenvalue weighted by molar-refractivity contribution is 0.417. The lowest BCUT2D eigenvalue weighted by atomic mass is 9.96. The number of rotatable bonds is 5. The Morgan fingerprint density at radius 2 is 2.05 bits per heavy atom. The number of hydrogen-bond donors (Lipinski definition) is 1. The van der Waals surface area contributed by atoms with Crippen molar-refractivity contribution >= 4 is 11.5 Å². The summed E-state index contributed by atoms with van der Waals surface area (Å²) < 4.78 is 2.17. The van der Waals surface area contributed by atoms with Gasteiger partial charge >= 0.3 is 0 Å². The highest BCUT2D eigenvalue weighted by Crippen LogP contribution is 2.25. The van der Waals surface area contributed by atoms with E-state index >= 15 is 0 Å². The second-order valence-corrected chi connectivity index (χ2v) is 7.10. The first-order chi connectivity index (χ1) is 9.81. The van der Waals surface area contributed by atoms with E-state index in [1.54, 1.807) is 0 Å². The average molecular weight is 288 g/mol. The van der Waals surface area contributed by atoms with Crippen LogP contribution in [-0.2, 0) is 6.42 Å². The third kappa shape index (κ3) is 3.76. The lowest BCUT2D eigenvalue weighted by Gasteiger charge is -2.27. The molecule has 21 heavy (non-hydrogen) atoms. The highest BCUT2D eigenvalue weighted by atomic mass is 15.2. The lowest BCUT2D eigenvalue weighted by Crippen LogP contribution is -2.31. The zero-order valence-corrected chi connectivity index (χ0v) is 13.9. The molecule has 0 aliphatic carbocycles. The van der Waals surface area contributed by atoms with Gasteiger partial charge in [-0.25, -0.2) is 4.98 Å². The summed E-state index contributed by atoms with van der Waals surface area (Å²) in [5.74, 6) is 1.06. The molecular weight excluding hydrogens is 260 g/mol. The SMILES string of the molecule is CCC(N)Cc1c(N(C)CC(C)(C)C)nc2ccccn12. The third-order valence-corrected chi connectivity index (χ3v) is 3.66. The van der Waals surface area contributed by atoms with E-state index in [1.807, 2.05) is 12.1 Å². The Morgan fingerprint density at radius 3 is 2.67 bits per heavy atom. The van der Waals surface area contributed by atoms with Gasteiger partial charge in [-0.2, -0.15) is 0 Å². The van der Waals surface area contributed by atoms with Gasteiger partial charge in [-0.1, -0.05) is 33.8 Å². The fourth-order valence-corrected chi connectivity index (χ4v) is 2.71. The van der Waals surface area contributed by atoms with E-state index < -0.39 is 0 Å². The van der Waals surface area contributed by atoms with Gasteiger partial charge in [0, 0.05) is 32.3 Å². The van der Waals surface area contributed by atoms with Gasteiger partial charge in [0.2, 0.25) is 0 Å². The van der Waals surface area contributed by atoms with Crippen molar-refractivity contribution in [2.75, 3.05) is 18.5 Å². The minimum atomic E-state index is 0.173. The van der Waals surface area contributed by atoms with Gasteiger partial charge in [0.15, 0.2) is 5.82 Å². The van der Waals surface area contributed by atoms with Crippen LogP contribution in [0.15, 0.2) is 24.4 Å². The molecule has 0 saturated heterocycles. The van der Waals surface area contributed by atoms with Crippen molar-refractivity contribution in [2.45, 2.75) is 46.6 Å². The molecule has 1 unspecified atom stereocenters. The highest BCUT2D eigenvalue weighted by Gasteiger charge is 2.21. The molecule has 4 nitrogen and oxygen atoms in total. The number of pyridine rings is 1. The van der Waals surface area contributed by atoms with Gasteiger partial charge in [-0.05, 0) is 24.0 Å². The van der Waals surface area contributed by atoms with Crippen LogP contribution in [-0.4, -0.2) is 29.0 Å². The van der Waals surface area contributed by atoms with Crippen LogP contribution < -0.4 is 10.6 Å². The van der Waals surface area contributed by atoms with Crippen molar-refractivity contribution in [3.05, 3.63) is 30.1 Å². The zero-order chi connectivity index (χ0) is 15.6. The molecule has 0 radical (unpaired) electrons. The maximum absolute atomic E-state index is 6.19. The van der Waals surface area contributed by atoms with Crippen molar-refractivity contribution in [3.63, 3.8) is 0 Å². The third-order valence-electron chi connectivity index (χ3n) is 3.66. The van der Waals surface area contributed by atoms with E-state index in [0.717, 1.165) is 30.9 Å². The minimum absolute atomic E-state index is 0.173. The van der Waals surface area contributed by atoms with Crippen molar-refractivity contribution in [3.8, 4) is 0 Å². The van der Waals surface area contributed by atoms with Crippen LogP contribution in [0.2, 0.25) is 0 Å². The maximum Gasteiger partial charge on any atom is 0.150 e. The standard InChI is InChI=1S/C17H28N4/c1-6-13(18)11-14-16(20(5)12-17(2,3)4)19-15-9-7-8-10-21(14)15/h7-10,13H,6,11-12,18H2,1-5H3. The number of anilines is 1. The van der Waals surface area contributed by atoms with Crippen molar-refractivity contribution < 1.29 is 0 Å². The van der Waals surface area contributed by atoms with Crippen LogP contribution in [0.5, 0.6) is 0 Å². The van der Waals surface area contributed by atoms with E-state index in [-0.39, 0.29) is 11.5 Å². The zero-order valence-electron chi connectivity index (χ0n) is 13.9. The van der Waals surface area contributed by atoms with E-state index in [4.69, 9.17) is 10.7 Å². The summed E-state index contributed by atoms with van der Waals surface area (Å²) in [7, 11) is 2.12. The number of fused-ring (bicyclic) bond motifs is 1. The second kappa shape index (κ2) is 6.06. The maximum atomic E-state index is 6.19. The molecule has 2 heterocycles. The Labute approximate surface area is 128 Å². The Hall–Kier alpha value is -1.55. The highest BCUT2D eigenvalue weighted by molar-refractivity contribution is 5.56. The van der Waals surface area contributed by atoms with Gasteiger partial charge in [0.1, 0.15) is 5.65 Å². The largest absolute Gasteiger partial charge is 0.358 e. The summed E-state index contributed by atoms with van der Waals surface area (Å²) in [6.07, 6.45) is 3.91. The van der Waals surface area contributed by atoms with Gasteiger partial charge in [0.25, 0.3) is 0 Å². The van der Waals surface area contributed by atoms with Crippen LogP contribution in [0.1, 0.15) is 39.8 Å². The molecular formula is C17H28N4. The summed E-state index contributed by atoms with van der Waals surface area (Å²) in [4.78, 5) is 7.07. The molecule has 116 valence electrons. The van der Waals surface area contributed by atoms with Gasteiger partial charge in [-0.3, -0.25) is 0 Å². The number of nitrogens with zero attached hydrogens (tertiary/aromatic N) is 3. The minimum Gasteiger partial charge on any atom is -0.358 e. The molecule has 2 rings (SSSR count). The molecule has 2 N–H and O–H groups in total.